The molecule has 2 unspecified atom stereocenters. The molecule has 1 aliphatic rings. The Labute approximate surface area is 168 Å². The summed E-state index contributed by atoms with van der Waals surface area (Å²) >= 11 is 0. The molecule has 0 bridgehead atoms. The lowest BCUT2D eigenvalue weighted by Crippen LogP contribution is -2.54. The fourth-order valence-corrected chi connectivity index (χ4v) is 5.15. The molecule has 1 aliphatic heterocycles. The van der Waals surface area contributed by atoms with E-state index in [0.29, 0.717) is 19.6 Å². The van der Waals surface area contributed by atoms with Crippen LogP contribution in [0.2, 0.25) is 18.1 Å². The summed E-state index contributed by atoms with van der Waals surface area (Å²) in [6, 6.07) is 0. The molecule has 0 aromatic carbocycles. The first-order valence-corrected chi connectivity index (χ1v) is 13.2. The van der Waals surface area contributed by atoms with Crippen LogP contribution in [0.4, 0.5) is 4.79 Å². The van der Waals surface area contributed by atoms with Crippen molar-refractivity contribution in [2.75, 3.05) is 19.6 Å². The van der Waals surface area contributed by atoms with E-state index in [9.17, 15) is 4.79 Å². The molecule has 0 saturated carbocycles. The molecule has 27 heavy (non-hydrogen) atoms. The number of carbonyl (C=O) groups is 1. The third-order valence-corrected chi connectivity index (χ3v) is 10.3. The van der Waals surface area contributed by atoms with E-state index in [4.69, 9.17) is 14.9 Å². The predicted octanol–water partition coefficient (Wildman–Crippen LogP) is 5.01. The first-order chi connectivity index (χ1) is 12.0. The van der Waals surface area contributed by atoms with E-state index in [0.717, 1.165) is 12.8 Å². The van der Waals surface area contributed by atoms with Crippen molar-refractivity contribution in [2.45, 2.75) is 98.1 Å². The van der Waals surface area contributed by atoms with Gasteiger partial charge < -0.3 is 19.8 Å². The highest BCUT2D eigenvalue weighted by atomic mass is 28.4. The maximum Gasteiger partial charge on any atom is 0.410 e. The van der Waals surface area contributed by atoms with E-state index in [1.165, 1.54) is 0 Å². The van der Waals surface area contributed by atoms with Crippen molar-refractivity contribution in [1.82, 2.24) is 4.90 Å². The number of nitrogens with zero attached hydrogens (tertiary/aromatic N) is 1. The monoisotopic (exact) mass is 400 g/mol. The first-order valence-electron chi connectivity index (χ1n) is 10.3. The Bertz CT molecular complexity index is 507. The zero-order chi connectivity index (χ0) is 21.3. The molecule has 2 atom stereocenters. The SMILES string of the molecule is CC(C)(C)CC(C)(C)OC(=O)N1CCC(O[Si](C)(C)C(C)(C)C)C(CN)C1. The first kappa shape index (κ1) is 24.4. The molecule has 5 nitrogen and oxygen atoms in total. The molecule has 0 aromatic heterocycles. The Morgan fingerprint density at radius 2 is 1.67 bits per heavy atom. The number of nitrogens with two attached hydrogens (primary N) is 1. The van der Waals surface area contributed by atoms with Crippen molar-refractivity contribution >= 4 is 14.4 Å². The van der Waals surface area contributed by atoms with Gasteiger partial charge in [0.1, 0.15) is 5.60 Å². The molecule has 1 rings (SSSR count). The Balaban J connectivity index is 2.73. The fraction of sp³-hybridized carbons (Fsp3) is 0.952. The van der Waals surface area contributed by atoms with E-state index < -0.39 is 13.9 Å². The van der Waals surface area contributed by atoms with E-state index in [1.807, 2.05) is 18.7 Å². The number of piperidine rings is 1. The van der Waals surface area contributed by atoms with Crippen LogP contribution in [0.25, 0.3) is 0 Å². The van der Waals surface area contributed by atoms with Crippen LogP contribution in [-0.4, -0.2) is 50.6 Å². The highest BCUT2D eigenvalue weighted by molar-refractivity contribution is 6.74. The predicted molar refractivity (Wildman–Crippen MR) is 115 cm³/mol. The van der Waals surface area contributed by atoms with Crippen LogP contribution in [0.3, 0.4) is 0 Å². The molecule has 6 heteroatoms. The van der Waals surface area contributed by atoms with Gasteiger partial charge in [0.05, 0.1) is 6.10 Å². The Kier molecular flexibility index (Phi) is 7.62. The molecular formula is C21H44N2O3Si. The molecule has 1 heterocycles. The van der Waals surface area contributed by atoms with Crippen LogP contribution in [0.15, 0.2) is 0 Å². The summed E-state index contributed by atoms with van der Waals surface area (Å²) in [5, 5.41) is 0.166. The van der Waals surface area contributed by atoms with Gasteiger partial charge in [-0.25, -0.2) is 4.79 Å². The van der Waals surface area contributed by atoms with Gasteiger partial charge >= 0.3 is 6.09 Å². The van der Waals surface area contributed by atoms with Crippen LogP contribution in [0.1, 0.15) is 68.2 Å². The second kappa shape index (κ2) is 8.42. The van der Waals surface area contributed by atoms with Gasteiger partial charge in [-0.15, -0.1) is 0 Å². The molecular weight excluding hydrogens is 356 g/mol. The van der Waals surface area contributed by atoms with Crippen molar-refractivity contribution in [3.63, 3.8) is 0 Å². The fourth-order valence-electron chi connectivity index (χ4n) is 3.73. The number of amides is 1. The van der Waals surface area contributed by atoms with Gasteiger partial charge in [-0.3, -0.25) is 0 Å². The highest BCUT2D eigenvalue weighted by Crippen LogP contribution is 2.39. The van der Waals surface area contributed by atoms with Gasteiger partial charge in [0.2, 0.25) is 0 Å². The second-order valence-corrected chi connectivity index (χ2v) is 16.3. The van der Waals surface area contributed by atoms with Gasteiger partial charge in [0, 0.05) is 19.0 Å². The molecule has 0 spiro atoms. The van der Waals surface area contributed by atoms with Crippen molar-refractivity contribution in [2.24, 2.45) is 17.1 Å². The zero-order valence-electron chi connectivity index (χ0n) is 19.4. The normalized spacial score (nSPS) is 22.7. The Hall–Kier alpha value is -0.593. The largest absolute Gasteiger partial charge is 0.443 e. The lowest BCUT2D eigenvalue weighted by Gasteiger charge is -2.45. The number of carbonyl (C=O) groups excluding carboxylic acids is 1. The number of hydrogen-bond donors (Lipinski definition) is 1. The Morgan fingerprint density at radius 3 is 2.11 bits per heavy atom. The van der Waals surface area contributed by atoms with Crippen molar-refractivity contribution in [1.29, 1.82) is 0 Å². The minimum absolute atomic E-state index is 0.105. The van der Waals surface area contributed by atoms with Gasteiger partial charge in [-0.05, 0) is 56.8 Å². The standard InChI is InChI=1S/C21H44N2O3Si/c1-19(2,3)15-21(7,8)25-18(24)23-12-11-17(16(13-22)14-23)26-27(9,10)20(4,5)6/h16-17H,11-15,22H2,1-10H3. The summed E-state index contributed by atoms with van der Waals surface area (Å²) in [6.07, 6.45) is 1.54. The maximum absolute atomic E-state index is 12.7. The second-order valence-electron chi connectivity index (χ2n) is 11.5. The van der Waals surface area contributed by atoms with Gasteiger partial charge in [-0.1, -0.05) is 41.5 Å². The van der Waals surface area contributed by atoms with Crippen LogP contribution in [0, 0.1) is 11.3 Å². The van der Waals surface area contributed by atoms with Crippen molar-refractivity contribution in [3.8, 4) is 0 Å². The van der Waals surface area contributed by atoms with Gasteiger partial charge in [-0.2, -0.15) is 0 Å². The molecule has 160 valence electrons. The molecule has 1 amide bonds. The summed E-state index contributed by atoms with van der Waals surface area (Å²) in [6.45, 7) is 23.6. The number of rotatable bonds is 5. The lowest BCUT2D eigenvalue weighted by molar-refractivity contribution is -0.0260. The van der Waals surface area contributed by atoms with Crippen LogP contribution < -0.4 is 5.73 Å². The molecule has 1 fully saturated rings. The molecule has 2 N–H and O–H groups in total. The summed E-state index contributed by atoms with van der Waals surface area (Å²) in [4.78, 5) is 14.6. The van der Waals surface area contributed by atoms with Gasteiger partial charge in [0.15, 0.2) is 8.32 Å². The minimum Gasteiger partial charge on any atom is -0.443 e. The van der Waals surface area contributed by atoms with Crippen molar-refractivity contribution in [3.05, 3.63) is 0 Å². The minimum atomic E-state index is -1.85. The third-order valence-electron chi connectivity index (χ3n) is 5.80. The van der Waals surface area contributed by atoms with E-state index >= 15 is 0 Å². The van der Waals surface area contributed by atoms with E-state index in [-0.39, 0.29) is 28.6 Å². The van der Waals surface area contributed by atoms with Crippen LogP contribution in [0.5, 0.6) is 0 Å². The Morgan fingerprint density at radius 1 is 1.11 bits per heavy atom. The molecule has 0 aromatic rings. The number of ether oxygens (including phenoxy) is 1. The number of likely N-dealkylation sites (tertiary alicyclic amines) is 1. The average Bonchev–Trinajstić information content (AvgIpc) is 2.42. The zero-order valence-corrected chi connectivity index (χ0v) is 20.4. The van der Waals surface area contributed by atoms with Gasteiger partial charge in [0.25, 0.3) is 0 Å². The molecule has 0 aliphatic carbocycles. The van der Waals surface area contributed by atoms with E-state index in [2.05, 4.69) is 54.6 Å². The molecule has 1 saturated heterocycles. The summed E-state index contributed by atoms with van der Waals surface area (Å²) < 4.78 is 12.5. The van der Waals surface area contributed by atoms with E-state index in [1.54, 1.807) is 0 Å². The molecule has 0 radical (unpaired) electrons. The smallest absolute Gasteiger partial charge is 0.410 e. The van der Waals surface area contributed by atoms with Crippen LogP contribution in [-0.2, 0) is 9.16 Å². The maximum atomic E-state index is 12.7. The summed E-state index contributed by atoms with van der Waals surface area (Å²) in [7, 11) is -1.85. The third kappa shape index (κ3) is 7.39. The quantitative estimate of drug-likeness (QED) is 0.659. The number of hydrogen-bond acceptors (Lipinski definition) is 4. The average molecular weight is 401 g/mol. The highest BCUT2D eigenvalue weighted by Gasteiger charge is 2.43. The van der Waals surface area contributed by atoms with Crippen molar-refractivity contribution < 1.29 is 14.0 Å². The summed E-state index contributed by atoms with van der Waals surface area (Å²) in [5.74, 6) is 0.158. The topological polar surface area (TPSA) is 64.8 Å². The lowest BCUT2D eigenvalue weighted by atomic mass is 9.84. The summed E-state index contributed by atoms with van der Waals surface area (Å²) in [5.41, 5.74) is 5.67. The van der Waals surface area contributed by atoms with Crippen LogP contribution >= 0.6 is 0 Å².